The van der Waals surface area contributed by atoms with Crippen LogP contribution in [0.3, 0.4) is 0 Å². The number of hydrogen-bond acceptors (Lipinski definition) is 10. The van der Waals surface area contributed by atoms with Crippen LogP contribution in [0, 0.1) is 32.9 Å². The number of non-ortho nitro benzene ring substituents is 1. The molecule has 0 fully saturated rings. The van der Waals surface area contributed by atoms with Crippen LogP contribution in [0.1, 0.15) is 22.7 Å². The Morgan fingerprint density at radius 2 is 1.96 bits per heavy atom. The van der Waals surface area contributed by atoms with Gasteiger partial charge < -0.3 is 16.8 Å². The van der Waals surface area contributed by atoms with E-state index in [0.717, 1.165) is 0 Å². The quantitative estimate of drug-likeness (QED) is 0.264. The Kier molecular flexibility index (Phi) is 3.96. The maximum atomic E-state index is 10.8. The lowest BCUT2D eigenvalue weighted by atomic mass is 9.95. The van der Waals surface area contributed by atoms with Crippen LogP contribution in [0.5, 0.6) is 0 Å². The van der Waals surface area contributed by atoms with Gasteiger partial charge in [-0.1, -0.05) is 0 Å². The Morgan fingerprint density at radius 1 is 1.27 bits per heavy atom. The van der Waals surface area contributed by atoms with Gasteiger partial charge >= 0.3 is 0 Å². The fourth-order valence-electron chi connectivity index (χ4n) is 2.60. The molecule has 128 valence electrons. The summed E-state index contributed by atoms with van der Waals surface area (Å²) in [5, 5.41) is 34.1. The standard InChI is InChI=1S/C15H11N9O2/c16-5-9-11(18)10-12(7-1-3-8(4-2-7)24(25)26)21-15(20-6-17)23-14(10)22-13(9)19/h1-4,12H,(H6,18,19,20,21,22,23). The number of guanidine groups is 1. The van der Waals surface area contributed by atoms with Gasteiger partial charge in [0.15, 0.2) is 6.19 Å². The van der Waals surface area contributed by atoms with Gasteiger partial charge in [-0.25, -0.2) is 9.98 Å². The number of rotatable bonds is 2. The highest BCUT2D eigenvalue weighted by molar-refractivity contribution is 5.98. The van der Waals surface area contributed by atoms with Crippen LogP contribution in [-0.4, -0.2) is 15.9 Å². The minimum atomic E-state index is -0.733. The second-order valence-corrected chi connectivity index (χ2v) is 5.25. The number of fused-ring (bicyclic) bond motifs is 1. The number of nitrogens with zero attached hydrogens (tertiary/aromatic N) is 5. The summed E-state index contributed by atoms with van der Waals surface area (Å²) in [7, 11) is 0. The van der Waals surface area contributed by atoms with Crippen molar-refractivity contribution < 1.29 is 4.92 Å². The van der Waals surface area contributed by atoms with Gasteiger partial charge in [0.05, 0.1) is 10.6 Å². The summed E-state index contributed by atoms with van der Waals surface area (Å²) in [5.74, 6) is 0.298. The lowest BCUT2D eigenvalue weighted by molar-refractivity contribution is -0.384. The van der Waals surface area contributed by atoms with E-state index in [1.54, 1.807) is 6.19 Å². The largest absolute Gasteiger partial charge is 0.397 e. The second-order valence-electron chi connectivity index (χ2n) is 5.25. The Labute approximate surface area is 146 Å². The first-order valence-electron chi connectivity index (χ1n) is 7.19. The van der Waals surface area contributed by atoms with E-state index in [9.17, 15) is 15.4 Å². The summed E-state index contributed by atoms with van der Waals surface area (Å²) in [6, 6.07) is 6.87. The third-order valence-corrected chi connectivity index (χ3v) is 3.78. The van der Waals surface area contributed by atoms with Gasteiger partial charge in [0, 0.05) is 17.7 Å². The van der Waals surface area contributed by atoms with Gasteiger partial charge in [0.25, 0.3) is 5.69 Å². The van der Waals surface area contributed by atoms with Crippen molar-refractivity contribution in [3.63, 3.8) is 0 Å². The number of nitro groups is 1. The fraction of sp³-hybridized carbons (Fsp3) is 0.0667. The van der Waals surface area contributed by atoms with E-state index in [2.05, 4.69) is 20.6 Å². The topological polar surface area (TPSA) is 192 Å². The molecule has 1 atom stereocenters. The molecular weight excluding hydrogens is 338 g/mol. The highest BCUT2D eigenvalue weighted by atomic mass is 16.6. The molecule has 2 heterocycles. The molecule has 1 aliphatic rings. The molecule has 0 spiro atoms. The Bertz CT molecular complexity index is 1020. The van der Waals surface area contributed by atoms with Crippen molar-refractivity contribution in [1.29, 1.82) is 10.5 Å². The summed E-state index contributed by atoms with van der Waals surface area (Å²) < 4.78 is 0. The number of anilines is 3. The van der Waals surface area contributed by atoms with Gasteiger partial charge in [-0.05, 0) is 17.7 Å². The molecule has 11 heteroatoms. The average Bonchev–Trinajstić information content (AvgIpc) is 2.61. The van der Waals surface area contributed by atoms with Crippen LogP contribution in [0.15, 0.2) is 29.3 Å². The molecule has 1 unspecified atom stereocenters. The van der Waals surface area contributed by atoms with Gasteiger partial charge in [0.2, 0.25) is 5.96 Å². The number of aromatic nitrogens is 1. The molecule has 3 rings (SSSR count). The van der Waals surface area contributed by atoms with E-state index in [-0.39, 0.29) is 34.5 Å². The van der Waals surface area contributed by atoms with E-state index < -0.39 is 11.0 Å². The Hall–Kier alpha value is -4.38. The summed E-state index contributed by atoms with van der Waals surface area (Å²) in [5.41, 5.74) is 12.9. The van der Waals surface area contributed by atoms with Gasteiger partial charge in [-0.3, -0.25) is 15.4 Å². The molecule has 0 aliphatic carbocycles. The second kappa shape index (κ2) is 6.26. The summed E-state index contributed by atoms with van der Waals surface area (Å²) >= 11 is 0. The van der Waals surface area contributed by atoms with Crippen LogP contribution in [0.4, 0.5) is 23.0 Å². The van der Waals surface area contributed by atoms with Crippen LogP contribution < -0.4 is 22.1 Å². The molecule has 6 N–H and O–H groups in total. The zero-order valence-electron chi connectivity index (χ0n) is 13.1. The van der Waals surface area contributed by atoms with Crippen molar-refractivity contribution in [3.8, 4) is 12.3 Å². The number of aliphatic imine (C=N–C) groups is 1. The summed E-state index contributed by atoms with van der Waals surface area (Å²) in [4.78, 5) is 18.8. The molecule has 26 heavy (non-hydrogen) atoms. The van der Waals surface area contributed by atoms with E-state index in [0.29, 0.717) is 11.1 Å². The molecule has 0 radical (unpaired) electrons. The third-order valence-electron chi connectivity index (χ3n) is 3.78. The fourth-order valence-corrected chi connectivity index (χ4v) is 2.60. The third kappa shape index (κ3) is 2.65. The van der Waals surface area contributed by atoms with Crippen molar-refractivity contribution in [3.05, 3.63) is 51.1 Å². The highest BCUT2D eigenvalue weighted by Crippen LogP contribution is 2.40. The van der Waals surface area contributed by atoms with Crippen LogP contribution in [0.2, 0.25) is 0 Å². The lowest BCUT2D eigenvalue weighted by Crippen LogP contribution is -2.32. The van der Waals surface area contributed by atoms with Crippen molar-refractivity contribution in [2.24, 2.45) is 4.99 Å². The lowest BCUT2D eigenvalue weighted by Gasteiger charge is -2.26. The monoisotopic (exact) mass is 349 g/mol. The number of nitrogen functional groups attached to an aromatic ring is 2. The van der Waals surface area contributed by atoms with E-state index >= 15 is 0 Å². The maximum Gasteiger partial charge on any atom is 0.269 e. The maximum absolute atomic E-state index is 10.8. The number of nitrogens with two attached hydrogens (primary N) is 2. The van der Waals surface area contributed by atoms with Crippen molar-refractivity contribution >= 4 is 29.0 Å². The van der Waals surface area contributed by atoms with Crippen molar-refractivity contribution in [2.75, 3.05) is 16.8 Å². The minimum absolute atomic E-state index is 0.0179. The Morgan fingerprint density at radius 3 is 2.54 bits per heavy atom. The predicted octanol–water partition coefficient (Wildman–Crippen LogP) is 0.967. The molecule has 1 aromatic heterocycles. The molecule has 1 aliphatic heterocycles. The first kappa shape index (κ1) is 16.5. The molecule has 0 amide bonds. The highest BCUT2D eigenvalue weighted by Gasteiger charge is 2.29. The normalized spacial score (nSPS) is 14.8. The van der Waals surface area contributed by atoms with Gasteiger partial charge in [-0.15, -0.1) is 0 Å². The van der Waals surface area contributed by atoms with E-state index in [1.165, 1.54) is 24.3 Å². The zero-order valence-corrected chi connectivity index (χ0v) is 13.1. The average molecular weight is 349 g/mol. The zero-order chi connectivity index (χ0) is 18.8. The van der Waals surface area contributed by atoms with Crippen molar-refractivity contribution in [2.45, 2.75) is 6.04 Å². The van der Waals surface area contributed by atoms with Gasteiger partial charge in [-0.2, -0.15) is 10.5 Å². The number of nitro benzene ring substituents is 1. The van der Waals surface area contributed by atoms with Crippen LogP contribution in [-0.2, 0) is 0 Å². The van der Waals surface area contributed by atoms with Crippen molar-refractivity contribution in [1.82, 2.24) is 10.3 Å². The molecule has 0 bridgehead atoms. The smallest absolute Gasteiger partial charge is 0.269 e. The number of hydrogen-bond donors (Lipinski definition) is 4. The molecule has 0 saturated carbocycles. The first-order chi connectivity index (χ1) is 12.5. The van der Waals surface area contributed by atoms with Gasteiger partial charge in [0.1, 0.15) is 29.3 Å². The Balaban J connectivity index is 2.19. The van der Waals surface area contributed by atoms with Crippen LogP contribution in [0.25, 0.3) is 0 Å². The number of benzene rings is 1. The molecule has 1 aromatic carbocycles. The number of nitrogens with one attached hydrogen (secondary N) is 2. The SMILES string of the molecule is N#CNC1=NC(c2ccc([N+](=O)[O-])cc2)c2c(nc(N)c(C#N)c2N)N1. The van der Waals surface area contributed by atoms with E-state index in [4.69, 9.17) is 16.7 Å². The molecule has 2 aromatic rings. The number of nitriles is 2. The summed E-state index contributed by atoms with van der Waals surface area (Å²) in [6.45, 7) is 0. The van der Waals surface area contributed by atoms with Crippen LogP contribution >= 0.6 is 0 Å². The molecule has 0 saturated heterocycles. The predicted molar refractivity (Wildman–Crippen MR) is 92.5 cm³/mol. The first-order valence-corrected chi connectivity index (χ1v) is 7.19. The minimum Gasteiger partial charge on any atom is -0.397 e. The van der Waals surface area contributed by atoms with E-state index in [1.807, 2.05) is 6.07 Å². The number of pyridine rings is 1. The summed E-state index contributed by atoms with van der Waals surface area (Å²) in [6.07, 6.45) is 1.74. The molecule has 11 nitrogen and oxygen atoms in total. The molecular formula is C15H11N9O2.